The average Bonchev–Trinajstić information content (AvgIpc) is 2.66. The van der Waals surface area contributed by atoms with Gasteiger partial charge in [0.25, 0.3) is 0 Å². The standard InChI is InChI=1S/C21H24FN3O2/c1-4-6-7-24-8-10-25(11-9-24)20-17-13-16(22)12-15(3)19(17)23-14-18(20)21(26)27-5-2/h1,12-14H,5-11H2,2-3H3. The van der Waals surface area contributed by atoms with Crippen LogP contribution in [0.1, 0.15) is 29.3 Å². The van der Waals surface area contributed by atoms with Crippen molar-refractivity contribution in [3.8, 4) is 12.3 Å². The van der Waals surface area contributed by atoms with E-state index in [1.807, 2.05) is 6.92 Å². The van der Waals surface area contributed by atoms with Gasteiger partial charge >= 0.3 is 5.97 Å². The molecule has 0 N–H and O–H groups in total. The van der Waals surface area contributed by atoms with Gasteiger partial charge in [0.15, 0.2) is 0 Å². The molecular formula is C21H24FN3O2. The molecular weight excluding hydrogens is 345 g/mol. The van der Waals surface area contributed by atoms with Crippen LogP contribution in [-0.2, 0) is 4.74 Å². The Labute approximate surface area is 159 Å². The number of hydrogen-bond acceptors (Lipinski definition) is 5. The molecule has 142 valence electrons. The van der Waals surface area contributed by atoms with Gasteiger partial charge in [-0.1, -0.05) is 0 Å². The number of rotatable bonds is 5. The molecule has 6 heteroatoms. The second-order valence-electron chi connectivity index (χ2n) is 6.64. The molecule has 0 aliphatic carbocycles. The van der Waals surface area contributed by atoms with Gasteiger partial charge in [-0.05, 0) is 31.5 Å². The van der Waals surface area contributed by atoms with Gasteiger partial charge in [0, 0.05) is 50.7 Å². The summed E-state index contributed by atoms with van der Waals surface area (Å²) in [7, 11) is 0. The van der Waals surface area contributed by atoms with Crippen LogP contribution in [0, 0.1) is 25.1 Å². The summed E-state index contributed by atoms with van der Waals surface area (Å²) in [4.78, 5) is 21.3. The van der Waals surface area contributed by atoms with Crippen LogP contribution in [0.2, 0.25) is 0 Å². The van der Waals surface area contributed by atoms with Gasteiger partial charge in [0.1, 0.15) is 11.4 Å². The lowest BCUT2D eigenvalue weighted by atomic mass is 10.0. The predicted octanol–water partition coefficient (Wildman–Crippen LogP) is 3.00. The highest BCUT2D eigenvalue weighted by Gasteiger charge is 2.25. The fraction of sp³-hybridized carbons (Fsp3) is 0.429. The summed E-state index contributed by atoms with van der Waals surface area (Å²) >= 11 is 0. The molecule has 2 heterocycles. The highest BCUT2D eigenvalue weighted by molar-refractivity contribution is 6.06. The Morgan fingerprint density at radius 2 is 2.07 bits per heavy atom. The predicted molar refractivity (Wildman–Crippen MR) is 104 cm³/mol. The molecule has 0 amide bonds. The first-order valence-corrected chi connectivity index (χ1v) is 9.22. The zero-order chi connectivity index (χ0) is 19.4. The van der Waals surface area contributed by atoms with Crippen molar-refractivity contribution in [3.05, 3.63) is 35.3 Å². The van der Waals surface area contributed by atoms with Gasteiger partial charge in [-0.3, -0.25) is 9.88 Å². The lowest BCUT2D eigenvalue weighted by Gasteiger charge is -2.37. The van der Waals surface area contributed by atoms with E-state index in [9.17, 15) is 9.18 Å². The number of ether oxygens (including phenoxy) is 1. The Bertz CT molecular complexity index is 883. The van der Waals surface area contributed by atoms with Gasteiger partial charge < -0.3 is 9.64 Å². The third kappa shape index (κ3) is 4.04. The number of aromatic nitrogens is 1. The van der Waals surface area contributed by atoms with E-state index in [1.165, 1.54) is 12.1 Å². The van der Waals surface area contributed by atoms with E-state index in [1.54, 1.807) is 13.1 Å². The maximum Gasteiger partial charge on any atom is 0.341 e. The van der Waals surface area contributed by atoms with E-state index in [0.29, 0.717) is 22.2 Å². The molecule has 1 aromatic heterocycles. The normalized spacial score (nSPS) is 15.0. The first-order chi connectivity index (χ1) is 13.0. The fourth-order valence-corrected chi connectivity index (χ4v) is 3.54. The van der Waals surface area contributed by atoms with Crippen LogP contribution in [0.3, 0.4) is 0 Å². The average molecular weight is 369 g/mol. The summed E-state index contributed by atoms with van der Waals surface area (Å²) < 4.78 is 19.3. The quantitative estimate of drug-likeness (QED) is 0.599. The molecule has 1 saturated heterocycles. The number of carbonyl (C=O) groups excluding carboxylic acids is 1. The van der Waals surface area contributed by atoms with E-state index >= 15 is 0 Å². The molecule has 0 spiro atoms. The second kappa shape index (κ2) is 8.36. The van der Waals surface area contributed by atoms with Crippen molar-refractivity contribution in [2.24, 2.45) is 0 Å². The number of benzene rings is 1. The van der Waals surface area contributed by atoms with Crippen molar-refractivity contribution in [3.63, 3.8) is 0 Å². The molecule has 1 aliphatic rings. The van der Waals surface area contributed by atoms with Crippen molar-refractivity contribution in [2.75, 3.05) is 44.2 Å². The molecule has 3 rings (SSSR count). The number of carbonyl (C=O) groups is 1. The summed E-state index contributed by atoms with van der Waals surface area (Å²) in [5.41, 5.74) is 2.53. The van der Waals surface area contributed by atoms with E-state index < -0.39 is 5.97 Å². The lowest BCUT2D eigenvalue weighted by molar-refractivity contribution is 0.0526. The molecule has 0 radical (unpaired) electrons. The van der Waals surface area contributed by atoms with Crippen LogP contribution in [0.5, 0.6) is 0 Å². The molecule has 0 bridgehead atoms. The largest absolute Gasteiger partial charge is 0.462 e. The summed E-state index contributed by atoms with van der Waals surface area (Å²) in [6.45, 7) is 7.85. The molecule has 27 heavy (non-hydrogen) atoms. The van der Waals surface area contributed by atoms with Crippen molar-refractivity contribution < 1.29 is 13.9 Å². The van der Waals surface area contributed by atoms with E-state index in [4.69, 9.17) is 11.2 Å². The number of anilines is 1. The number of esters is 1. The van der Waals surface area contributed by atoms with Crippen molar-refractivity contribution >= 4 is 22.6 Å². The SMILES string of the molecule is C#CCCN1CCN(c2c(C(=O)OCC)cnc3c(C)cc(F)cc23)CC1. The van der Waals surface area contributed by atoms with E-state index in [2.05, 4.69) is 20.7 Å². The van der Waals surface area contributed by atoms with E-state index in [0.717, 1.165) is 44.7 Å². The fourth-order valence-electron chi connectivity index (χ4n) is 3.54. The van der Waals surface area contributed by atoms with Gasteiger partial charge in [-0.25, -0.2) is 9.18 Å². The third-order valence-corrected chi connectivity index (χ3v) is 4.85. The first kappa shape index (κ1) is 19.1. The first-order valence-electron chi connectivity index (χ1n) is 9.22. The molecule has 1 aromatic carbocycles. The Morgan fingerprint density at radius 3 is 2.74 bits per heavy atom. The summed E-state index contributed by atoms with van der Waals surface area (Å²) in [6, 6.07) is 2.92. The van der Waals surface area contributed by atoms with Crippen LogP contribution < -0.4 is 4.90 Å². The molecule has 5 nitrogen and oxygen atoms in total. The highest BCUT2D eigenvalue weighted by Crippen LogP contribution is 2.33. The minimum Gasteiger partial charge on any atom is -0.462 e. The maximum atomic E-state index is 14.1. The smallest absolute Gasteiger partial charge is 0.341 e. The number of pyridine rings is 1. The molecule has 0 unspecified atom stereocenters. The number of nitrogens with zero attached hydrogens (tertiary/aromatic N) is 3. The topological polar surface area (TPSA) is 45.7 Å². The van der Waals surface area contributed by atoms with Crippen molar-refractivity contribution in [2.45, 2.75) is 20.3 Å². The number of aryl methyl sites for hydroxylation is 1. The van der Waals surface area contributed by atoms with Gasteiger partial charge in [0.05, 0.1) is 17.8 Å². The zero-order valence-corrected chi connectivity index (χ0v) is 15.8. The van der Waals surface area contributed by atoms with Gasteiger partial charge in [-0.15, -0.1) is 12.3 Å². The van der Waals surface area contributed by atoms with Crippen LogP contribution in [0.4, 0.5) is 10.1 Å². The van der Waals surface area contributed by atoms with Gasteiger partial charge in [-0.2, -0.15) is 0 Å². The number of hydrogen-bond donors (Lipinski definition) is 0. The van der Waals surface area contributed by atoms with Crippen molar-refractivity contribution in [1.29, 1.82) is 0 Å². The minimum atomic E-state index is -0.432. The van der Waals surface area contributed by atoms with Crippen LogP contribution in [0.15, 0.2) is 18.3 Å². The van der Waals surface area contributed by atoms with Crippen molar-refractivity contribution in [1.82, 2.24) is 9.88 Å². The highest BCUT2D eigenvalue weighted by atomic mass is 19.1. The molecule has 2 aromatic rings. The number of terminal acetylenes is 1. The molecule has 0 atom stereocenters. The zero-order valence-electron chi connectivity index (χ0n) is 15.8. The minimum absolute atomic E-state index is 0.276. The van der Waals surface area contributed by atoms with Gasteiger partial charge in [0.2, 0.25) is 0 Å². The van der Waals surface area contributed by atoms with Crippen LogP contribution >= 0.6 is 0 Å². The Hall–Kier alpha value is -2.65. The summed E-state index contributed by atoms with van der Waals surface area (Å²) in [6.07, 6.45) is 7.62. The summed E-state index contributed by atoms with van der Waals surface area (Å²) in [5, 5.41) is 0.648. The Morgan fingerprint density at radius 1 is 1.33 bits per heavy atom. The molecule has 1 aliphatic heterocycles. The number of fused-ring (bicyclic) bond motifs is 1. The number of piperazine rings is 1. The lowest BCUT2D eigenvalue weighted by Crippen LogP contribution is -2.47. The number of halogens is 1. The Kier molecular flexibility index (Phi) is 5.92. The second-order valence-corrected chi connectivity index (χ2v) is 6.64. The Balaban J connectivity index is 2.02. The van der Waals surface area contributed by atoms with Crippen LogP contribution in [-0.4, -0.2) is 55.2 Å². The third-order valence-electron chi connectivity index (χ3n) is 4.85. The van der Waals surface area contributed by atoms with Crippen LogP contribution in [0.25, 0.3) is 10.9 Å². The maximum absolute atomic E-state index is 14.1. The molecule has 0 saturated carbocycles. The monoisotopic (exact) mass is 369 g/mol. The molecule has 1 fully saturated rings. The summed E-state index contributed by atoms with van der Waals surface area (Å²) in [5.74, 6) is 1.90. The van der Waals surface area contributed by atoms with E-state index in [-0.39, 0.29) is 12.4 Å².